The van der Waals surface area contributed by atoms with Crippen LogP contribution in [0.2, 0.25) is 0 Å². The Morgan fingerprint density at radius 1 is 1.33 bits per heavy atom. The summed E-state index contributed by atoms with van der Waals surface area (Å²) >= 11 is 0. The van der Waals surface area contributed by atoms with E-state index in [4.69, 9.17) is 19.3 Å². The summed E-state index contributed by atoms with van der Waals surface area (Å²) in [6.07, 6.45) is -5.08. The second kappa shape index (κ2) is 3.62. The van der Waals surface area contributed by atoms with Gasteiger partial charge in [0.1, 0.15) is 6.10 Å². The first-order valence-electron chi connectivity index (χ1n) is 4.85. The average Bonchev–Trinajstić information content (AvgIpc) is 2.54. The fourth-order valence-electron chi connectivity index (χ4n) is 2.07. The molecule has 0 radical (unpaired) electrons. The molecule has 0 spiro atoms. The van der Waals surface area contributed by atoms with Gasteiger partial charge in [0.25, 0.3) is 0 Å². The van der Waals surface area contributed by atoms with E-state index in [-0.39, 0.29) is 0 Å². The van der Waals surface area contributed by atoms with Crippen molar-refractivity contribution in [3.63, 3.8) is 0 Å². The van der Waals surface area contributed by atoms with Crippen LogP contribution in [0.15, 0.2) is 0 Å². The van der Waals surface area contributed by atoms with Crippen molar-refractivity contribution in [3.8, 4) is 0 Å². The molecule has 2 heterocycles. The Hall–Kier alpha value is -0.300. The molecule has 2 saturated heterocycles. The summed E-state index contributed by atoms with van der Waals surface area (Å²) in [5, 5.41) is 8.90. The molecular formula is C9H14F2O4. The maximum atomic E-state index is 12.7. The molecule has 1 N–H and O–H groups in total. The van der Waals surface area contributed by atoms with E-state index in [0.29, 0.717) is 0 Å². The summed E-state index contributed by atoms with van der Waals surface area (Å²) in [7, 11) is 0. The molecule has 4 atom stereocenters. The van der Waals surface area contributed by atoms with Crippen molar-refractivity contribution >= 4 is 0 Å². The highest BCUT2D eigenvalue weighted by Crippen LogP contribution is 2.42. The Kier molecular flexibility index (Phi) is 2.70. The molecule has 0 aromatic rings. The SMILES string of the molecule is CC1(C)O[C@H]2O[C@H](CO)[C@@H](C(F)F)[C@H]2O1. The van der Waals surface area contributed by atoms with Gasteiger partial charge >= 0.3 is 0 Å². The van der Waals surface area contributed by atoms with Gasteiger partial charge in [0, 0.05) is 0 Å². The molecule has 15 heavy (non-hydrogen) atoms. The van der Waals surface area contributed by atoms with E-state index >= 15 is 0 Å². The van der Waals surface area contributed by atoms with Gasteiger partial charge in [-0.05, 0) is 13.8 Å². The van der Waals surface area contributed by atoms with Crippen LogP contribution in [0, 0.1) is 5.92 Å². The number of hydrogen-bond acceptors (Lipinski definition) is 4. The van der Waals surface area contributed by atoms with Crippen molar-refractivity contribution in [1.82, 2.24) is 0 Å². The van der Waals surface area contributed by atoms with Crippen molar-refractivity contribution in [2.75, 3.05) is 6.61 Å². The van der Waals surface area contributed by atoms with Gasteiger partial charge < -0.3 is 19.3 Å². The number of rotatable bonds is 2. The lowest BCUT2D eigenvalue weighted by molar-refractivity contribution is -0.218. The zero-order valence-electron chi connectivity index (χ0n) is 8.52. The Bertz CT molecular complexity index is 246. The second-order valence-electron chi connectivity index (χ2n) is 4.24. The van der Waals surface area contributed by atoms with Crippen molar-refractivity contribution in [2.24, 2.45) is 5.92 Å². The number of halogens is 2. The molecule has 2 aliphatic heterocycles. The van der Waals surface area contributed by atoms with Crippen LogP contribution in [0.4, 0.5) is 8.78 Å². The predicted molar refractivity (Wildman–Crippen MR) is 45.3 cm³/mol. The lowest BCUT2D eigenvalue weighted by Crippen LogP contribution is -2.36. The van der Waals surface area contributed by atoms with Crippen LogP contribution >= 0.6 is 0 Å². The van der Waals surface area contributed by atoms with E-state index < -0.39 is 43.2 Å². The molecule has 0 amide bonds. The molecule has 0 aliphatic carbocycles. The summed E-state index contributed by atoms with van der Waals surface area (Å²) in [6.45, 7) is 2.84. The highest BCUT2D eigenvalue weighted by Gasteiger charge is 2.57. The number of fused-ring (bicyclic) bond motifs is 1. The highest BCUT2D eigenvalue weighted by molar-refractivity contribution is 4.93. The Morgan fingerprint density at radius 2 is 2.00 bits per heavy atom. The van der Waals surface area contributed by atoms with E-state index in [9.17, 15) is 8.78 Å². The van der Waals surface area contributed by atoms with Crippen LogP contribution in [-0.2, 0) is 14.2 Å². The smallest absolute Gasteiger partial charge is 0.246 e. The van der Waals surface area contributed by atoms with Crippen LogP contribution < -0.4 is 0 Å². The minimum Gasteiger partial charge on any atom is -0.394 e. The van der Waals surface area contributed by atoms with Crippen molar-refractivity contribution < 1.29 is 28.1 Å². The van der Waals surface area contributed by atoms with Gasteiger partial charge in [-0.25, -0.2) is 8.78 Å². The van der Waals surface area contributed by atoms with Crippen molar-refractivity contribution in [1.29, 1.82) is 0 Å². The fraction of sp³-hybridized carbons (Fsp3) is 1.00. The van der Waals surface area contributed by atoms with Crippen LogP contribution in [0.5, 0.6) is 0 Å². The maximum Gasteiger partial charge on any atom is 0.246 e. The molecule has 4 nitrogen and oxygen atoms in total. The number of hydrogen-bond donors (Lipinski definition) is 1. The number of ether oxygens (including phenoxy) is 3. The standard InChI is InChI=1S/C9H14F2O4/c1-9(2)14-6-5(7(10)11)4(3-12)13-8(6)15-9/h4-8,12H,3H2,1-2H3/t4-,5-,6-,8-/m1/s1. The van der Waals surface area contributed by atoms with Gasteiger partial charge in [-0.2, -0.15) is 0 Å². The summed E-state index contributed by atoms with van der Waals surface area (Å²) in [4.78, 5) is 0. The van der Waals surface area contributed by atoms with E-state index in [1.54, 1.807) is 13.8 Å². The van der Waals surface area contributed by atoms with Crippen LogP contribution in [-0.4, -0.2) is 42.4 Å². The van der Waals surface area contributed by atoms with Crippen molar-refractivity contribution in [3.05, 3.63) is 0 Å². The van der Waals surface area contributed by atoms with Gasteiger partial charge in [-0.15, -0.1) is 0 Å². The molecular weight excluding hydrogens is 210 g/mol. The van der Waals surface area contributed by atoms with Gasteiger partial charge in [-0.3, -0.25) is 0 Å². The Labute approximate surface area is 86.1 Å². The second-order valence-corrected chi connectivity index (χ2v) is 4.24. The summed E-state index contributed by atoms with van der Waals surface area (Å²) in [6, 6.07) is 0. The average molecular weight is 224 g/mol. The number of alkyl halides is 2. The lowest BCUT2D eigenvalue weighted by Gasteiger charge is -2.24. The fourth-order valence-corrected chi connectivity index (χ4v) is 2.07. The quantitative estimate of drug-likeness (QED) is 0.751. The normalized spacial score (nSPS) is 43.6. The third kappa shape index (κ3) is 1.87. The van der Waals surface area contributed by atoms with Crippen LogP contribution in [0.25, 0.3) is 0 Å². The first kappa shape index (κ1) is 11.2. The van der Waals surface area contributed by atoms with E-state index in [0.717, 1.165) is 0 Å². The third-order valence-electron chi connectivity index (χ3n) is 2.68. The van der Waals surface area contributed by atoms with Crippen LogP contribution in [0.3, 0.4) is 0 Å². The predicted octanol–water partition coefficient (Wildman–Crippen LogP) is 0.736. The highest BCUT2D eigenvalue weighted by atomic mass is 19.3. The topological polar surface area (TPSA) is 47.9 Å². The zero-order chi connectivity index (χ0) is 11.2. The first-order chi connectivity index (χ1) is 6.94. The number of aliphatic hydroxyl groups is 1. The Balaban J connectivity index is 2.14. The minimum atomic E-state index is -2.59. The Morgan fingerprint density at radius 3 is 2.53 bits per heavy atom. The van der Waals surface area contributed by atoms with Gasteiger partial charge in [0.05, 0.1) is 18.6 Å². The zero-order valence-corrected chi connectivity index (χ0v) is 8.52. The van der Waals surface area contributed by atoms with Crippen LogP contribution in [0.1, 0.15) is 13.8 Å². The minimum absolute atomic E-state index is 0.449. The maximum absolute atomic E-state index is 12.7. The molecule has 2 rings (SSSR count). The lowest BCUT2D eigenvalue weighted by atomic mass is 9.99. The summed E-state index contributed by atoms with van der Waals surface area (Å²) < 4.78 is 41.3. The van der Waals surface area contributed by atoms with Crippen molar-refractivity contribution in [2.45, 2.75) is 44.6 Å². The molecule has 0 aromatic heterocycles. The largest absolute Gasteiger partial charge is 0.394 e. The first-order valence-corrected chi connectivity index (χ1v) is 4.85. The molecule has 0 unspecified atom stereocenters. The molecule has 2 fully saturated rings. The molecule has 0 saturated carbocycles. The molecule has 0 bridgehead atoms. The monoisotopic (exact) mass is 224 g/mol. The summed E-state index contributed by atoms with van der Waals surface area (Å²) in [5.74, 6) is -2.02. The van der Waals surface area contributed by atoms with Gasteiger partial charge in [0.15, 0.2) is 12.1 Å². The van der Waals surface area contributed by atoms with E-state index in [1.165, 1.54) is 0 Å². The molecule has 88 valence electrons. The molecule has 0 aromatic carbocycles. The molecule has 2 aliphatic rings. The summed E-state index contributed by atoms with van der Waals surface area (Å²) in [5.41, 5.74) is 0. The van der Waals surface area contributed by atoms with Gasteiger partial charge in [0.2, 0.25) is 6.43 Å². The number of aliphatic hydroxyl groups excluding tert-OH is 1. The van der Waals surface area contributed by atoms with Gasteiger partial charge in [-0.1, -0.05) is 0 Å². The van der Waals surface area contributed by atoms with E-state index in [2.05, 4.69) is 0 Å². The van der Waals surface area contributed by atoms with E-state index in [1.807, 2.05) is 0 Å². The molecule has 6 heteroatoms. The third-order valence-corrected chi connectivity index (χ3v) is 2.68.